The van der Waals surface area contributed by atoms with E-state index in [4.69, 9.17) is 17.3 Å². The van der Waals surface area contributed by atoms with E-state index in [-0.39, 0.29) is 24.4 Å². The van der Waals surface area contributed by atoms with Crippen molar-refractivity contribution in [2.45, 2.75) is 56.2 Å². The quantitative estimate of drug-likeness (QED) is 0.724. The third-order valence-corrected chi connectivity index (χ3v) is 7.88. The number of aryl methyl sites for hydroxylation is 2. The average molecular weight is 430 g/mol. The molecule has 0 unspecified atom stereocenters. The van der Waals surface area contributed by atoms with Gasteiger partial charge in [-0.25, -0.2) is 8.42 Å². The number of halogens is 1. The number of nitrogens with two attached hydrogens (primary N) is 1. The van der Waals surface area contributed by atoms with Gasteiger partial charge >= 0.3 is 0 Å². The van der Waals surface area contributed by atoms with E-state index in [1.165, 1.54) is 15.3 Å². The van der Waals surface area contributed by atoms with Crippen LogP contribution in [0.4, 0.5) is 0 Å². The van der Waals surface area contributed by atoms with Gasteiger partial charge in [0.25, 0.3) is 0 Å². The standard InChI is InChI=1S/C18H24ClN3O5S/c1-10-7-16(11(2)6-13(10)19)28(26,27)22-5-3-4-14(22)18(25)21-9-12(23)8-15(21)17(20)24/h6-7,12,14-15,23H,3-5,8-9H2,1-2H3,(H2,20,24)/t12-,14+,15+/m0/s1. The van der Waals surface area contributed by atoms with Gasteiger partial charge in [-0.1, -0.05) is 11.6 Å². The van der Waals surface area contributed by atoms with Crippen molar-refractivity contribution in [3.63, 3.8) is 0 Å². The van der Waals surface area contributed by atoms with Crippen LogP contribution < -0.4 is 5.73 Å². The summed E-state index contributed by atoms with van der Waals surface area (Å²) in [6.07, 6.45) is 0.0884. The van der Waals surface area contributed by atoms with Gasteiger partial charge in [0.1, 0.15) is 12.1 Å². The summed E-state index contributed by atoms with van der Waals surface area (Å²) in [5.74, 6) is -1.20. The number of nitrogens with zero attached hydrogens (tertiary/aromatic N) is 2. The molecule has 2 aliphatic rings. The van der Waals surface area contributed by atoms with E-state index < -0.39 is 40.0 Å². The van der Waals surface area contributed by atoms with Gasteiger partial charge in [-0.15, -0.1) is 0 Å². The molecule has 0 radical (unpaired) electrons. The molecule has 1 aromatic rings. The molecule has 0 bridgehead atoms. The number of sulfonamides is 1. The first-order valence-electron chi connectivity index (χ1n) is 9.10. The van der Waals surface area contributed by atoms with Crippen molar-refractivity contribution in [3.8, 4) is 0 Å². The molecule has 0 aliphatic carbocycles. The molecular formula is C18H24ClN3O5S. The summed E-state index contributed by atoms with van der Waals surface area (Å²) in [5.41, 5.74) is 6.49. The fraction of sp³-hybridized carbons (Fsp3) is 0.556. The first kappa shape index (κ1) is 21.0. The Balaban J connectivity index is 1.93. The number of primary amides is 1. The number of carbonyl (C=O) groups is 2. The monoisotopic (exact) mass is 429 g/mol. The third kappa shape index (κ3) is 3.63. The molecule has 3 rings (SSSR count). The third-order valence-electron chi connectivity index (χ3n) is 5.42. The lowest BCUT2D eigenvalue weighted by atomic mass is 10.1. The summed E-state index contributed by atoms with van der Waals surface area (Å²) in [5, 5.41) is 10.3. The van der Waals surface area contributed by atoms with Gasteiger partial charge in [0.05, 0.1) is 11.0 Å². The summed E-state index contributed by atoms with van der Waals surface area (Å²) in [6.45, 7) is 3.55. The molecule has 0 spiro atoms. The second kappa shape index (κ2) is 7.62. The maximum absolute atomic E-state index is 13.3. The van der Waals surface area contributed by atoms with E-state index in [1.54, 1.807) is 19.9 Å². The molecule has 2 amide bonds. The van der Waals surface area contributed by atoms with Crippen LogP contribution in [0.3, 0.4) is 0 Å². The highest BCUT2D eigenvalue weighted by Crippen LogP contribution is 2.32. The summed E-state index contributed by atoms with van der Waals surface area (Å²) in [4.78, 5) is 26.1. The van der Waals surface area contributed by atoms with Crippen molar-refractivity contribution in [1.82, 2.24) is 9.21 Å². The Kier molecular flexibility index (Phi) is 5.73. The van der Waals surface area contributed by atoms with Gasteiger partial charge in [0, 0.05) is 24.5 Å². The van der Waals surface area contributed by atoms with E-state index in [1.807, 2.05) is 0 Å². The largest absolute Gasteiger partial charge is 0.391 e. The topological polar surface area (TPSA) is 121 Å². The smallest absolute Gasteiger partial charge is 0.244 e. The molecule has 3 atom stereocenters. The molecule has 2 heterocycles. The van der Waals surface area contributed by atoms with Crippen LogP contribution in [0.2, 0.25) is 5.02 Å². The summed E-state index contributed by atoms with van der Waals surface area (Å²) >= 11 is 6.08. The Morgan fingerprint density at radius 1 is 1.21 bits per heavy atom. The van der Waals surface area contributed by atoms with Crippen molar-refractivity contribution >= 4 is 33.4 Å². The van der Waals surface area contributed by atoms with Crippen LogP contribution in [0.25, 0.3) is 0 Å². The molecule has 154 valence electrons. The van der Waals surface area contributed by atoms with Gasteiger partial charge in [0.15, 0.2) is 0 Å². The lowest BCUT2D eigenvalue weighted by molar-refractivity contribution is -0.140. The first-order valence-corrected chi connectivity index (χ1v) is 10.9. The summed E-state index contributed by atoms with van der Waals surface area (Å²) in [7, 11) is -3.94. The molecule has 2 aliphatic heterocycles. The van der Waals surface area contributed by atoms with Crippen LogP contribution in [0.15, 0.2) is 17.0 Å². The molecule has 2 saturated heterocycles. The van der Waals surface area contributed by atoms with E-state index in [9.17, 15) is 23.1 Å². The minimum atomic E-state index is -3.94. The maximum Gasteiger partial charge on any atom is 0.244 e. The van der Waals surface area contributed by atoms with Crippen molar-refractivity contribution < 1.29 is 23.1 Å². The second-order valence-corrected chi connectivity index (χ2v) is 9.71. The molecule has 8 nitrogen and oxygen atoms in total. The van der Waals surface area contributed by atoms with Crippen LogP contribution in [-0.2, 0) is 19.6 Å². The number of β-amino-alcohol motifs (C(OH)–C–C–N with tert-alkyl or cyclic N) is 1. The first-order chi connectivity index (χ1) is 13.0. The van der Waals surface area contributed by atoms with Crippen LogP contribution >= 0.6 is 11.6 Å². The Labute approximate surface area is 169 Å². The maximum atomic E-state index is 13.3. The van der Waals surface area contributed by atoms with Crippen LogP contribution in [0.1, 0.15) is 30.4 Å². The van der Waals surface area contributed by atoms with E-state index >= 15 is 0 Å². The number of aliphatic hydroxyl groups is 1. The molecule has 3 N–H and O–H groups in total. The number of rotatable bonds is 4. The minimum absolute atomic E-state index is 0.0318. The molecule has 0 saturated carbocycles. The van der Waals surface area contributed by atoms with Crippen molar-refractivity contribution in [3.05, 3.63) is 28.3 Å². The molecule has 1 aromatic carbocycles. The fourth-order valence-corrected chi connectivity index (χ4v) is 6.11. The normalized spacial score (nSPS) is 26.0. The predicted molar refractivity (Wildman–Crippen MR) is 103 cm³/mol. The van der Waals surface area contributed by atoms with Gasteiger partial charge in [0.2, 0.25) is 21.8 Å². The lowest BCUT2D eigenvalue weighted by Gasteiger charge is -2.30. The highest BCUT2D eigenvalue weighted by molar-refractivity contribution is 7.89. The van der Waals surface area contributed by atoms with Crippen LogP contribution in [0, 0.1) is 13.8 Å². The molecule has 0 aromatic heterocycles. The SMILES string of the molecule is Cc1cc(S(=O)(=O)N2CCC[C@@H]2C(=O)N2C[C@@H](O)C[C@@H]2C(N)=O)c(C)cc1Cl. The van der Waals surface area contributed by atoms with E-state index in [2.05, 4.69) is 0 Å². The number of hydrogen-bond acceptors (Lipinski definition) is 5. The second-order valence-electron chi connectivity index (χ2n) is 7.44. The molecule has 2 fully saturated rings. The van der Waals surface area contributed by atoms with Crippen molar-refractivity contribution in [1.29, 1.82) is 0 Å². The fourth-order valence-electron chi connectivity index (χ4n) is 3.95. The Bertz CT molecular complexity index is 920. The number of benzene rings is 1. The number of likely N-dealkylation sites (tertiary alicyclic amines) is 1. The molecule has 10 heteroatoms. The number of aliphatic hydroxyl groups excluding tert-OH is 1. The summed E-state index contributed by atoms with van der Waals surface area (Å²) in [6, 6.07) is 1.26. The zero-order valence-corrected chi connectivity index (χ0v) is 17.3. The number of carbonyl (C=O) groups excluding carboxylic acids is 2. The van der Waals surface area contributed by atoms with Gasteiger partial charge in [-0.3, -0.25) is 9.59 Å². The highest BCUT2D eigenvalue weighted by Gasteiger charge is 2.46. The zero-order valence-electron chi connectivity index (χ0n) is 15.8. The number of hydrogen-bond donors (Lipinski definition) is 2. The Morgan fingerprint density at radius 2 is 1.89 bits per heavy atom. The van der Waals surface area contributed by atoms with E-state index in [0.717, 1.165) is 0 Å². The Morgan fingerprint density at radius 3 is 2.54 bits per heavy atom. The van der Waals surface area contributed by atoms with Gasteiger partial charge < -0.3 is 15.7 Å². The van der Waals surface area contributed by atoms with Gasteiger partial charge in [-0.05, 0) is 49.9 Å². The summed E-state index contributed by atoms with van der Waals surface area (Å²) < 4.78 is 27.8. The Hall–Kier alpha value is -1.68. The minimum Gasteiger partial charge on any atom is -0.391 e. The number of amides is 2. The van der Waals surface area contributed by atoms with Gasteiger partial charge in [-0.2, -0.15) is 4.31 Å². The average Bonchev–Trinajstić information content (AvgIpc) is 3.24. The molecular weight excluding hydrogens is 406 g/mol. The highest BCUT2D eigenvalue weighted by atomic mass is 35.5. The molecule has 28 heavy (non-hydrogen) atoms. The van der Waals surface area contributed by atoms with Crippen LogP contribution in [-0.4, -0.2) is 65.8 Å². The van der Waals surface area contributed by atoms with Crippen molar-refractivity contribution in [2.75, 3.05) is 13.1 Å². The lowest BCUT2D eigenvalue weighted by Crippen LogP contribution is -2.52. The predicted octanol–water partition coefficient (Wildman–Crippen LogP) is 0.557. The zero-order chi connectivity index (χ0) is 20.8. The van der Waals surface area contributed by atoms with Crippen LogP contribution in [0.5, 0.6) is 0 Å². The van der Waals surface area contributed by atoms with E-state index in [0.29, 0.717) is 29.0 Å². The van der Waals surface area contributed by atoms with Crippen molar-refractivity contribution in [2.24, 2.45) is 5.73 Å².